The Kier molecular flexibility index (Phi) is 5.40. The molecule has 2 fully saturated rings. The van der Waals surface area contributed by atoms with E-state index in [0.717, 1.165) is 58.5 Å². The van der Waals surface area contributed by atoms with E-state index in [2.05, 4.69) is 11.9 Å². The maximum Gasteiger partial charge on any atom is 0.225 e. The summed E-state index contributed by atoms with van der Waals surface area (Å²) in [6.07, 6.45) is 3.21. The smallest absolute Gasteiger partial charge is 0.225 e. The Morgan fingerprint density at radius 1 is 0.950 bits per heavy atom. The van der Waals surface area contributed by atoms with Crippen LogP contribution in [0.2, 0.25) is 0 Å². The lowest BCUT2D eigenvalue weighted by Crippen LogP contribution is -2.51. The summed E-state index contributed by atoms with van der Waals surface area (Å²) in [6, 6.07) is 0. The van der Waals surface area contributed by atoms with Gasteiger partial charge in [-0.2, -0.15) is 0 Å². The molecule has 0 aliphatic carbocycles. The van der Waals surface area contributed by atoms with Gasteiger partial charge in [0.1, 0.15) is 0 Å². The Hall–Kier alpha value is -1.10. The van der Waals surface area contributed by atoms with Gasteiger partial charge in [-0.15, -0.1) is 0 Å². The number of carbonyl (C=O) groups excluding carboxylic acids is 2. The molecule has 5 heteroatoms. The number of piperazine rings is 1. The van der Waals surface area contributed by atoms with Gasteiger partial charge in [-0.3, -0.25) is 9.59 Å². The number of amides is 2. The van der Waals surface area contributed by atoms with Gasteiger partial charge >= 0.3 is 0 Å². The summed E-state index contributed by atoms with van der Waals surface area (Å²) >= 11 is 0. The molecule has 0 aromatic rings. The van der Waals surface area contributed by atoms with Crippen LogP contribution in [-0.4, -0.2) is 72.8 Å². The average Bonchev–Trinajstić information content (AvgIpc) is 2.48. The zero-order valence-corrected chi connectivity index (χ0v) is 12.8. The molecule has 0 unspecified atom stereocenters. The Morgan fingerprint density at radius 2 is 1.55 bits per heavy atom. The summed E-state index contributed by atoms with van der Waals surface area (Å²) in [4.78, 5) is 30.5. The van der Waals surface area contributed by atoms with E-state index in [-0.39, 0.29) is 11.8 Å². The van der Waals surface area contributed by atoms with Crippen molar-refractivity contribution in [2.45, 2.75) is 32.6 Å². The van der Waals surface area contributed by atoms with E-state index in [4.69, 9.17) is 0 Å². The minimum Gasteiger partial charge on any atom is -0.343 e. The van der Waals surface area contributed by atoms with E-state index in [0.29, 0.717) is 12.3 Å². The van der Waals surface area contributed by atoms with Gasteiger partial charge in [0.15, 0.2) is 0 Å². The Labute approximate surface area is 121 Å². The molecule has 0 N–H and O–H groups in total. The molecular weight excluding hydrogens is 254 g/mol. The first kappa shape index (κ1) is 15.3. The second-order valence-electron chi connectivity index (χ2n) is 6.03. The maximum atomic E-state index is 12.5. The molecule has 2 aliphatic heterocycles. The molecule has 5 nitrogen and oxygen atoms in total. The average molecular weight is 281 g/mol. The third-order valence-electron chi connectivity index (χ3n) is 4.48. The van der Waals surface area contributed by atoms with Crippen molar-refractivity contribution in [3.63, 3.8) is 0 Å². The standard InChI is InChI=1S/C15H27N3O2/c1-3-4-14(19)17-7-5-13(6-8-17)15(20)18-11-9-16(2)10-12-18/h13H,3-12H2,1-2H3. The van der Waals surface area contributed by atoms with Crippen molar-refractivity contribution >= 4 is 11.8 Å². The van der Waals surface area contributed by atoms with E-state index in [9.17, 15) is 9.59 Å². The molecule has 0 saturated carbocycles. The molecule has 2 amide bonds. The van der Waals surface area contributed by atoms with E-state index in [1.807, 2.05) is 16.7 Å². The first-order valence-electron chi connectivity index (χ1n) is 7.87. The highest BCUT2D eigenvalue weighted by Crippen LogP contribution is 2.21. The SMILES string of the molecule is CCCC(=O)N1CCC(C(=O)N2CCN(C)CC2)CC1. The summed E-state index contributed by atoms with van der Waals surface area (Å²) in [5, 5.41) is 0. The maximum absolute atomic E-state index is 12.5. The van der Waals surface area contributed by atoms with Gasteiger partial charge in [0.05, 0.1) is 0 Å². The fraction of sp³-hybridized carbons (Fsp3) is 0.867. The van der Waals surface area contributed by atoms with Crippen LogP contribution in [0.3, 0.4) is 0 Å². The second-order valence-corrected chi connectivity index (χ2v) is 6.03. The molecule has 0 atom stereocenters. The third kappa shape index (κ3) is 3.72. The lowest BCUT2D eigenvalue weighted by atomic mass is 9.94. The molecule has 0 radical (unpaired) electrons. The number of hydrogen-bond donors (Lipinski definition) is 0. The number of carbonyl (C=O) groups is 2. The monoisotopic (exact) mass is 281 g/mol. The molecule has 0 aromatic carbocycles. The number of rotatable bonds is 3. The quantitative estimate of drug-likeness (QED) is 0.768. The van der Waals surface area contributed by atoms with Crippen LogP contribution in [0.1, 0.15) is 32.6 Å². The second kappa shape index (κ2) is 7.07. The van der Waals surface area contributed by atoms with Crippen LogP contribution in [0.4, 0.5) is 0 Å². The molecule has 0 bridgehead atoms. The minimum atomic E-state index is 0.129. The van der Waals surface area contributed by atoms with Gasteiger partial charge in [-0.25, -0.2) is 0 Å². The Bertz CT molecular complexity index is 343. The summed E-state index contributed by atoms with van der Waals surface area (Å²) in [6.45, 7) is 7.18. The van der Waals surface area contributed by atoms with Gasteiger partial charge in [-0.1, -0.05) is 6.92 Å². The zero-order valence-electron chi connectivity index (χ0n) is 12.8. The number of likely N-dealkylation sites (tertiary alicyclic amines) is 1. The molecule has 2 saturated heterocycles. The van der Waals surface area contributed by atoms with E-state index < -0.39 is 0 Å². The molecule has 20 heavy (non-hydrogen) atoms. The van der Waals surface area contributed by atoms with E-state index in [1.54, 1.807) is 0 Å². The summed E-state index contributed by atoms with van der Waals surface area (Å²) in [5.41, 5.74) is 0. The topological polar surface area (TPSA) is 43.9 Å². The molecular formula is C15H27N3O2. The lowest BCUT2D eigenvalue weighted by molar-refractivity contribution is -0.141. The molecule has 0 spiro atoms. The molecule has 2 aliphatic rings. The van der Waals surface area contributed by atoms with Gasteiger partial charge in [-0.05, 0) is 26.3 Å². The summed E-state index contributed by atoms with van der Waals surface area (Å²) < 4.78 is 0. The number of hydrogen-bond acceptors (Lipinski definition) is 3. The van der Waals surface area contributed by atoms with Crippen LogP contribution in [0.15, 0.2) is 0 Å². The molecule has 2 rings (SSSR count). The fourth-order valence-electron chi connectivity index (χ4n) is 3.03. The third-order valence-corrected chi connectivity index (χ3v) is 4.48. The Balaban J connectivity index is 1.78. The largest absolute Gasteiger partial charge is 0.343 e. The van der Waals surface area contributed by atoms with Crippen LogP contribution in [-0.2, 0) is 9.59 Å². The highest BCUT2D eigenvalue weighted by molar-refractivity contribution is 5.80. The number of piperidine rings is 1. The van der Waals surface area contributed by atoms with E-state index >= 15 is 0 Å². The fourth-order valence-corrected chi connectivity index (χ4v) is 3.03. The van der Waals surface area contributed by atoms with Crippen LogP contribution in [0.25, 0.3) is 0 Å². The van der Waals surface area contributed by atoms with Crippen LogP contribution >= 0.6 is 0 Å². The Morgan fingerprint density at radius 3 is 2.10 bits per heavy atom. The zero-order chi connectivity index (χ0) is 14.5. The normalized spacial score (nSPS) is 22.1. The van der Waals surface area contributed by atoms with Crippen LogP contribution < -0.4 is 0 Å². The summed E-state index contributed by atoms with van der Waals surface area (Å²) in [7, 11) is 2.10. The van der Waals surface area contributed by atoms with E-state index in [1.165, 1.54) is 0 Å². The van der Waals surface area contributed by atoms with Crippen molar-refractivity contribution in [2.24, 2.45) is 5.92 Å². The van der Waals surface area contributed by atoms with Gasteiger partial charge < -0.3 is 14.7 Å². The predicted octanol–water partition coefficient (Wildman–Crippen LogP) is 0.799. The van der Waals surface area contributed by atoms with Crippen LogP contribution in [0.5, 0.6) is 0 Å². The molecule has 0 aromatic heterocycles. The highest BCUT2D eigenvalue weighted by Gasteiger charge is 2.30. The molecule has 114 valence electrons. The number of nitrogens with zero attached hydrogens (tertiary/aromatic N) is 3. The van der Waals surface area contributed by atoms with Crippen molar-refractivity contribution in [1.82, 2.24) is 14.7 Å². The van der Waals surface area contributed by atoms with Crippen molar-refractivity contribution in [3.8, 4) is 0 Å². The summed E-state index contributed by atoms with van der Waals surface area (Å²) in [5.74, 6) is 0.683. The van der Waals surface area contributed by atoms with Gasteiger partial charge in [0.2, 0.25) is 11.8 Å². The first-order valence-corrected chi connectivity index (χ1v) is 7.87. The van der Waals surface area contributed by atoms with Crippen molar-refractivity contribution in [3.05, 3.63) is 0 Å². The lowest BCUT2D eigenvalue weighted by Gasteiger charge is -2.37. The molecule has 2 heterocycles. The predicted molar refractivity (Wildman–Crippen MR) is 78.3 cm³/mol. The van der Waals surface area contributed by atoms with Crippen LogP contribution in [0, 0.1) is 5.92 Å². The minimum absolute atomic E-state index is 0.129. The number of likely N-dealkylation sites (N-methyl/N-ethyl adjacent to an activating group) is 1. The van der Waals surface area contributed by atoms with Crippen molar-refractivity contribution in [2.75, 3.05) is 46.3 Å². The van der Waals surface area contributed by atoms with Gasteiger partial charge in [0.25, 0.3) is 0 Å². The van der Waals surface area contributed by atoms with Gasteiger partial charge in [0, 0.05) is 51.6 Å². The highest BCUT2D eigenvalue weighted by atomic mass is 16.2. The van der Waals surface area contributed by atoms with Crippen molar-refractivity contribution < 1.29 is 9.59 Å². The van der Waals surface area contributed by atoms with Crippen molar-refractivity contribution in [1.29, 1.82) is 0 Å². The first-order chi connectivity index (χ1) is 9.61.